The molecule has 0 amide bonds. The number of pyridine rings is 2. The number of hydrogen-bond acceptors (Lipinski definition) is 14. The fourth-order valence-corrected chi connectivity index (χ4v) is 4.08. The molecule has 0 aromatic carbocycles. The topological polar surface area (TPSA) is 182 Å². The summed E-state index contributed by atoms with van der Waals surface area (Å²) in [5.74, 6) is -0.403. The summed E-state index contributed by atoms with van der Waals surface area (Å²) in [5, 5.41) is 0.126. The van der Waals surface area contributed by atoms with Crippen molar-refractivity contribution in [3.8, 4) is 11.4 Å². The summed E-state index contributed by atoms with van der Waals surface area (Å²) in [6.07, 6.45) is 12.5. The first-order valence-corrected chi connectivity index (χ1v) is 17.0. The fraction of sp³-hybridized carbons (Fsp3) is 0.333. The van der Waals surface area contributed by atoms with Crippen LogP contribution in [0.5, 0.6) is 0 Å². The summed E-state index contributed by atoms with van der Waals surface area (Å²) in [5.41, 5.74) is 7.93. The van der Waals surface area contributed by atoms with Crippen molar-refractivity contribution >= 4 is 73.1 Å². The number of fused-ring (bicyclic) bond motifs is 1. The Hall–Kier alpha value is -4.93. The van der Waals surface area contributed by atoms with Crippen molar-refractivity contribution in [3.63, 3.8) is 0 Å². The number of unbranched alkanes of at least 4 members (excludes halogenated alkanes) is 1. The molecule has 18 heteroatoms. The number of rotatable bonds is 10. The second-order valence-corrected chi connectivity index (χ2v) is 11.6. The molecule has 0 saturated carbocycles. The Balaban J connectivity index is 0.000000809. The molecule has 0 unspecified atom stereocenters. The number of anilines is 1. The second kappa shape index (κ2) is 26.8. The quantitative estimate of drug-likeness (QED) is 0.0343. The number of hydrogen-bond donors (Lipinski definition) is 2. The number of thiol groups is 1. The van der Waals surface area contributed by atoms with Gasteiger partial charge in [0.15, 0.2) is 0 Å². The number of carbonyl (C=O) groups excluding carboxylic acids is 2. The van der Waals surface area contributed by atoms with E-state index in [1.807, 2.05) is 40.9 Å². The van der Waals surface area contributed by atoms with Crippen LogP contribution in [0.15, 0.2) is 77.9 Å². The summed E-state index contributed by atoms with van der Waals surface area (Å²) in [4.78, 5) is 48.1. The van der Waals surface area contributed by atoms with Crippen LogP contribution in [0.4, 0.5) is 5.82 Å². The zero-order valence-electron chi connectivity index (χ0n) is 29.3. The van der Waals surface area contributed by atoms with E-state index in [4.69, 9.17) is 43.1 Å². The third-order valence-corrected chi connectivity index (χ3v) is 6.32. The van der Waals surface area contributed by atoms with Crippen LogP contribution in [0.25, 0.3) is 23.1 Å². The molecule has 5 aromatic heterocycles. The minimum atomic E-state index is -0.493. The number of esters is 2. The summed E-state index contributed by atoms with van der Waals surface area (Å²) in [6, 6.07) is 11.0. The van der Waals surface area contributed by atoms with Gasteiger partial charge in [-0.2, -0.15) is 0 Å². The average Bonchev–Trinajstić information content (AvgIpc) is 3.53. The molecule has 1 radical (unpaired) electrons. The summed E-state index contributed by atoms with van der Waals surface area (Å²) in [6.45, 7) is 9.82. The van der Waals surface area contributed by atoms with Crippen molar-refractivity contribution in [1.82, 2.24) is 34.3 Å². The van der Waals surface area contributed by atoms with Crippen molar-refractivity contribution in [3.05, 3.63) is 101 Å². The van der Waals surface area contributed by atoms with E-state index in [-0.39, 0.29) is 48.8 Å². The van der Waals surface area contributed by atoms with E-state index in [1.54, 1.807) is 52.2 Å². The molecule has 5 heterocycles. The Morgan fingerprint density at radius 2 is 1.50 bits per heavy atom. The molecular weight excluding hydrogens is 752 g/mol. The van der Waals surface area contributed by atoms with Crippen LogP contribution in [0.3, 0.4) is 0 Å². The van der Waals surface area contributed by atoms with Crippen molar-refractivity contribution in [2.75, 3.05) is 12.3 Å². The number of nitrogens with two attached hydrogens (primary N) is 1. The molecule has 14 nitrogen and oxygen atoms in total. The van der Waals surface area contributed by atoms with Crippen molar-refractivity contribution in [1.29, 1.82) is 0 Å². The van der Waals surface area contributed by atoms with Gasteiger partial charge in [-0.1, -0.05) is 40.3 Å². The number of carbonyl (C=O) groups is 2. The van der Waals surface area contributed by atoms with E-state index < -0.39 is 11.9 Å². The Morgan fingerprint density at radius 3 is 2.06 bits per heavy atom. The first-order chi connectivity index (χ1) is 24.9. The average molecular weight is 800 g/mol. The molecule has 2 N–H and O–H groups in total. The molecule has 5 aromatic rings. The Labute approximate surface area is 333 Å². The van der Waals surface area contributed by atoms with Crippen LogP contribution in [0, 0.1) is 0 Å². The third kappa shape index (κ3) is 17.3. The summed E-state index contributed by atoms with van der Waals surface area (Å²) in [7, 11) is 4.34. The van der Waals surface area contributed by atoms with Gasteiger partial charge < -0.3 is 19.9 Å². The zero-order valence-corrected chi connectivity index (χ0v) is 31.7. The number of nitrogen functional groups attached to an aromatic ring is 1. The monoisotopic (exact) mass is 798 g/mol. The van der Waals surface area contributed by atoms with Crippen LogP contribution < -0.4 is 5.73 Å². The van der Waals surface area contributed by atoms with Crippen molar-refractivity contribution in [2.45, 2.75) is 74.5 Å². The maximum atomic E-state index is 12.2. The van der Waals surface area contributed by atoms with Crippen LogP contribution in [-0.2, 0) is 14.2 Å². The third-order valence-electron chi connectivity index (χ3n) is 5.96. The maximum absolute atomic E-state index is 12.2. The van der Waals surface area contributed by atoms with Gasteiger partial charge in [-0.05, 0) is 87.7 Å². The summed E-state index contributed by atoms with van der Waals surface area (Å²) < 4.78 is 20.2. The molecule has 54 heavy (non-hydrogen) atoms. The second-order valence-electron chi connectivity index (χ2n) is 10.7. The van der Waals surface area contributed by atoms with Crippen LogP contribution in [0.2, 0.25) is 10.6 Å². The molecule has 0 aliphatic carbocycles. The Bertz CT molecular complexity index is 1900. The molecule has 0 aliphatic rings. The Morgan fingerprint density at radius 1 is 0.907 bits per heavy atom. The van der Waals surface area contributed by atoms with Gasteiger partial charge in [0.2, 0.25) is 10.6 Å². The predicted octanol–water partition coefficient (Wildman–Crippen LogP) is 8.61. The number of imidazole rings is 1. The van der Waals surface area contributed by atoms with E-state index >= 15 is 0 Å². The first kappa shape index (κ1) is 49.1. The number of aromatic nitrogens is 7. The van der Waals surface area contributed by atoms with Gasteiger partial charge in [0.05, 0.1) is 42.7 Å². The van der Waals surface area contributed by atoms with Gasteiger partial charge >= 0.3 is 36.7 Å². The number of ether oxygens (including phenoxy) is 3. The van der Waals surface area contributed by atoms with Gasteiger partial charge in [-0.3, -0.25) is 4.40 Å². The molecule has 0 aliphatic heterocycles. The van der Waals surface area contributed by atoms with E-state index in [0.717, 1.165) is 18.5 Å². The number of halogens is 2. The molecule has 0 fully saturated rings. The summed E-state index contributed by atoms with van der Waals surface area (Å²) >= 11 is 14.8. The normalized spacial score (nSPS) is 9.94. The molecular formula is C36H47BCl2N9O5S. The number of nitrogens with zero attached hydrogens (tertiary/aromatic N) is 8. The molecule has 0 spiro atoms. The van der Waals surface area contributed by atoms with Crippen LogP contribution in [0.1, 0.15) is 88.7 Å². The van der Waals surface area contributed by atoms with Gasteiger partial charge in [0.25, 0.3) is 0 Å². The fourth-order valence-electron chi connectivity index (χ4n) is 3.81. The molecule has 0 bridgehead atoms. The van der Waals surface area contributed by atoms with Crippen molar-refractivity contribution < 1.29 is 23.8 Å². The van der Waals surface area contributed by atoms with Gasteiger partial charge in [-0.15, -0.1) is 0 Å². The van der Waals surface area contributed by atoms with E-state index in [9.17, 15) is 9.59 Å². The Kier molecular flexibility index (Phi) is 24.3. The van der Waals surface area contributed by atoms with Crippen LogP contribution >= 0.6 is 36.0 Å². The van der Waals surface area contributed by atoms with Crippen LogP contribution in [-0.4, -0.2) is 72.7 Å². The van der Waals surface area contributed by atoms with Gasteiger partial charge in [0.1, 0.15) is 28.3 Å². The molecule has 5 rings (SSSR count). The zero-order chi connectivity index (χ0) is 38.5. The van der Waals surface area contributed by atoms with Crippen molar-refractivity contribution in [2.24, 2.45) is 4.30 Å². The SMILES string of the molecule is C.C.CC(C)OC(=O)c1cnc(Cl)nc1-c1cnc2ccccn12.CCCCO/C=C/c1nc(Cl)ncc1C(=O)OC(C)C.Nc1ccccn1.[B]=NS. The standard InChI is InChI=1S/C15H13ClN4O2.C14H19ClN2O3.C5H6N2.2CH4.BHNS/c1-9(2)22-14(21)10-7-18-15(16)19-13(10)11-8-17-12-5-3-4-6-20(11)12;1-4-5-7-19-8-6-12-11(9-16-14(15)17-12)13(18)20-10(2)3;6-5-3-1-2-4-7-5;;;1-2-3/h3-9H,1-2H3;6,8-10H,4-5,7H2,1-3H3;1-4H,(H2,6,7);2*1H4;3H/b;8-6+;;;;. The first-order valence-electron chi connectivity index (χ1n) is 15.8. The minimum absolute atomic E-state index is 0. The molecule has 0 saturated heterocycles. The van der Waals surface area contributed by atoms with E-state index in [2.05, 4.69) is 61.6 Å². The van der Waals surface area contributed by atoms with Gasteiger partial charge in [0, 0.05) is 24.8 Å². The molecule has 0 atom stereocenters. The van der Waals surface area contributed by atoms with E-state index in [0.29, 0.717) is 29.5 Å². The molecule has 289 valence electrons. The van der Waals surface area contributed by atoms with E-state index in [1.165, 1.54) is 18.7 Å². The predicted molar refractivity (Wildman–Crippen MR) is 219 cm³/mol. The van der Waals surface area contributed by atoms with Gasteiger partial charge in [-0.25, -0.2) is 39.5 Å².